The number of rotatable bonds is 2. The van der Waals surface area contributed by atoms with Gasteiger partial charge in [0, 0.05) is 19.2 Å². The van der Waals surface area contributed by atoms with Crippen molar-refractivity contribution in [2.45, 2.75) is 38.9 Å². The standard InChI is InChI=1S/C13H21BN2O3S/c1-12(2)13(3,4)19-14(18-12)10-9-15-11(20-10)16-5-7-17-8-6-16/h9H,5-8H2,1-4H3/i5D2,6D2,7D2,8D2. The smallest absolute Gasteiger partial charge is 0.399 e. The van der Waals surface area contributed by atoms with Crippen molar-refractivity contribution < 1.29 is 25.0 Å². The maximum Gasteiger partial charge on any atom is 0.507 e. The monoisotopic (exact) mass is 304 g/mol. The molecule has 3 rings (SSSR count). The Kier molecular flexibility index (Phi) is 1.89. The molecule has 0 N–H and O–H groups in total. The maximum atomic E-state index is 8.09. The number of morpholine rings is 1. The predicted molar refractivity (Wildman–Crippen MR) is 80.9 cm³/mol. The Morgan fingerprint density at radius 3 is 2.45 bits per heavy atom. The van der Waals surface area contributed by atoms with Crippen LogP contribution in [-0.2, 0) is 14.0 Å². The Morgan fingerprint density at radius 1 is 1.25 bits per heavy atom. The van der Waals surface area contributed by atoms with Crippen molar-refractivity contribution >= 4 is 28.4 Å². The highest BCUT2D eigenvalue weighted by molar-refractivity contribution is 7.25. The molecule has 0 radical (unpaired) electrons. The molecule has 0 bridgehead atoms. The number of nitrogens with zero attached hydrogens (tertiary/aromatic N) is 2. The Balaban J connectivity index is 2.01. The second kappa shape index (κ2) is 4.98. The summed E-state index contributed by atoms with van der Waals surface area (Å²) < 4.78 is 80.2. The molecule has 20 heavy (non-hydrogen) atoms. The van der Waals surface area contributed by atoms with E-state index in [1.165, 1.54) is 6.20 Å². The summed E-state index contributed by atoms with van der Waals surface area (Å²) in [5.74, 6) is 0. The van der Waals surface area contributed by atoms with Crippen LogP contribution < -0.4 is 9.68 Å². The minimum Gasteiger partial charge on any atom is -0.399 e. The lowest BCUT2D eigenvalue weighted by Crippen LogP contribution is -2.41. The lowest BCUT2D eigenvalue weighted by Gasteiger charge is -2.32. The molecule has 110 valence electrons. The number of hydrogen-bond donors (Lipinski definition) is 0. The summed E-state index contributed by atoms with van der Waals surface area (Å²) in [7, 11) is -0.817. The highest BCUT2D eigenvalue weighted by Crippen LogP contribution is 2.37. The molecule has 1 aromatic heterocycles. The summed E-state index contributed by atoms with van der Waals surface area (Å²) in [6, 6.07) is 0. The van der Waals surface area contributed by atoms with E-state index in [4.69, 9.17) is 20.3 Å². The number of aromatic nitrogens is 1. The van der Waals surface area contributed by atoms with Crippen LogP contribution in [0.3, 0.4) is 0 Å². The van der Waals surface area contributed by atoms with Gasteiger partial charge in [-0.3, -0.25) is 0 Å². The van der Waals surface area contributed by atoms with Crippen LogP contribution >= 0.6 is 11.3 Å². The summed E-state index contributed by atoms with van der Waals surface area (Å²) in [4.78, 5) is 4.37. The van der Waals surface area contributed by atoms with Crippen molar-refractivity contribution in [1.82, 2.24) is 4.98 Å². The fraction of sp³-hybridized carbons (Fsp3) is 0.769. The molecule has 0 aliphatic carbocycles. The number of thiazole rings is 1. The van der Waals surface area contributed by atoms with Crippen molar-refractivity contribution in [2.24, 2.45) is 0 Å². The number of anilines is 1. The molecule has 0 atom stereocenters. The fourth-order valence-corrected chi connectivity index (χ4v) is 2.53. The summed E-state index contributed by atoms with van der Waals surface area (Å²) in [6.07, 6.45) is 1.33. The molecule has 1 aromatic rings. The van der Waals surface area contributed by atoms with Gasteiger partial charge in [0.1, 0.15) is 0 Å². The Morgan fingerprint density at radius 2 is 1.85 bits per heavy atom. The van der Waals surface area contributed by atoms with E-state index in [1.54, 1.807) is 0 Å². The molecule has 3 heterocycles. The topological polar surface area (TPSA) is 43.8 Å². The minimum atomic E-state index is -3.13. The lowest BCUT2D eigenvalue weighted by atomic mass is 9.89. The zero-order chi connectivity index (χ0) is 21.6. The van der Waals surface area contributed by atoms with E-state index in [-0.39, 0.29) is 5.13 Å². The van der Waals surface area contributed by atoms with Crippen molar-refractivity contribution in [3.05, 3.63) is 6.20 Å². The molecular formula is C13H21BN2O3S. The molecule has 0 amide bonds. The first-order valence-electron chi connectivity index (χ1n) is 10.2. The molecule has 2 saturated heterocycles. The van der Waals surface area contributed by atoms with Crippen molar-refractivity contribution in [3.63, 3.8) is 0 Å². The largest absolute Gasteiger partial charge is 0.507 e. The van der Waals surface area contributed by atoms with E-state index < -0.39 is 44.4 Å². The van der Waals surface area contributed by atoms with Crippen LogP contribution in [0.2, 0.25) is 0 Å². The van der Waals surface area contributed by atoms with Crippen LogP contribution in [0.5, 0.6) is 0 Å². The average Bonchev–Trinajstić information content (AvgIpc) is 2.99. The van der Waals surface area contributed by atoms with Crippen molar-refractivity contribution in [3.8, 4) is 0 Å². The molecule has 2 aliphatic heterocycles. The van der Waals surface area contributed by atoms with Gasteiger partial charge < -0.3 is 18.9 Å². The first-order chi connectivity index (χ1) is 12.4. The Bertz CT molecular complexity index is 746. The molecule has 0 unspecified atom stereocenters. The second-order valence-electron chi connectivity index (χ2n) is 5.50. The van der Waals surface area contributed by atoms with Crippen molar-refractivity contribution in [1.29, 1.82) is 0 Å². The summed E-state index contributed by atoms with van der Waals surface area (Å²) in [5.41, 5.74) is -1.25. The first kappa shape index (κ1) is 7.58. The molecule has 7 heteroatoms. The van der Waals surface area contributed by atoms with E-state index in [0.29, 0.717) is 9.68 Å². The molecule has 0 saturated carbocycles. The Hall–Kier alpha value is -0.625. The van der Waals surface area contributed by atoms with Crippen LogP contribution in [-0.4, -0.2) is 49.4 Å². The molecule has 0 spiro atoms. The molecule has 2 aliphatic rings. The zero-order valence-electron chi connectivity index (χ0n) is 19.7. The van der Waals surface area contributed by atoms with Gasteiger partial charge in [0.15, 0.2) is 5.13 Å². The number of ether oxygens (including phenoxy) is 1. The van der Waals surface area contributed by atoms with Gasteiger partial charge in [-0.15, -0.1) is 11.3 Å². The SMILES string of the molecule is [2H]C1([2H])OC([2H])([2H])C([2H])([2H])N(c2ncc(B3OC(C)(C)C(C)(C)O3)s2)C1([2H])[2H]. The van der Waals surface area contributed by atoms with Gasteiger partial charge in [0.2, 0.25) is 0 Å². The van der Waals surface area contributed by atoms with Gasteiger partial charge in [-0.1, -0.05) is 0 Å². The normalized spacial score (nSPS) is 41.2. The van der Waals surface area contributed by atoms with Gasteiger partial charge >= 0.3 is 7.12 Å². The third kappa shape index (κ3) is 2.48. The van der Waals surface area contributed by atoms with Crippen LogP contribution in [0.1, 0.15) is 38.7 Å². The average molecular weight is 304 g/mol. The quantitative estimate of drug-likeness (QED) is 0.770. The fourth-order valence-electron chi connectivity index (χ4n) is 1.73. The third-order valence-electron chi connectivity index (χ3n) is 3.61. The van der Waals surface area contributed by atoms with Crippen LogP contribution in [0, 0.1) is 0 Å². The zero-order valence-corrected chi connectivity index (χ0v) is 12.5. The molecular weight excluding hydrogens is 275 g/mol. The highest BCUT2D eigenvalue weighted by Gasteiger charge is 2.52. The van der Waals surface area contributed by atoms with Gasteiger partial charge in [0.05, 0.1) is 40.1 Å². The van der Waals surface area contributed by atoms with Crippen molar-refractivity contribution in [2.75, 3.05) is 31.0 Å². The molecule has 2 fully saturated rings. The summed E-state index contributed by atoms with van der Waals surface area (Å²) in [6.45, 7) is -4.89. The van der Waals surface area contributed by atoms with Gasteiger partial charge in [0.25, 0.3) is 0 Å². The molecule has 0 aromatic carbocycles. The molecule has 5 nitrogen and oxygen atoms in total. The van der Waals surface area contributed by atoms with E-state index in [0.717, 1.165) is 11.3 Å². The van der Waals surface area contributed by atoms with E-state index in [2.05, 4.69) is 9.72 Å². The van der Waals surface area contributed by atoms with Crippen LogP contribution in [0.25, 0.3) is 0 Å². The van der Waals surface area contributed by atoms with E-state index in [9.17, 15) is 0 Å². The predicted octanol–water partition coefficient (Wildman–Crippen LogP) is 1.28. The van der Waals surface area contributed by atoms with Crippen LogP contribution in [0.15, 0.2) is 6.20 Å². The number of hydrogen-bond acceptors (Lipinski definition) is 6. The van der Waals surface area contributed by atoms with E-state index >= 15 is 0 Å². The summed E-state index contributed by atoms with van der Waals surface area (Å²) >= 11 is 0.840. The second-order valence-corrected chi connectivity index (χ2v) is 6.54. The third-order valence-corrected chi connectivity index (χ3v) is 4.61. The van der Waals surface area contributed by atoms with Crippen LogP contribution in [0.4, 0.5) is 5.13 Å². The van der Waals surface area contributed by atoms with E-state index in [1.807, 2.05) is 27.7 Å². The van der Waals surface area contributed by atoms with Gasteiger partial charge in [-0.25, -0.2) is 4.98 Å². The highest BCUT2D eigenvalue weighted by atomic mass is 32.1. The van der Waals surface area contributed by atoms with Gasteiger partial charge in [-0.05, 0) is 27.7 Å². The lowest BCUT2D eigenvalue weighted by molar-refractivity contribution is 0.00578. The summed E-state index contributed by atoms with van der Waals surface area (Å²) in [5, 5.41) is -0.254. The van der Waals surface area contributed by atoms with Gasteiger partial charge in [-0.2, -0.15) is 0 Å². The Labute approximate surface area is 135 Å². The maximum absolute atomic E-state index is 8.09. The minimum absolute atomic E-state index is 0.254. The first-order valence-corrected chi connectivity index (χ1v) is 6.99.